The Morgan fingerprint density at radius 2 is 2.37 bits per heavy atom. The lowest BCUT2D eigenvalue weighted by molar-refractivity contribution is -0.0623. The maximum Gasteiger partial charge on any atom is 0.270 e. The minimum absolute atomic E-state index is 0.0851. The van der Waals surface area contributed by atoms with Crippen LogP contribution >= 0.6 is 0 Å². The van der Waals surface area contributed by atoms with Crippen molar-refractivity contribution in [1.29, 1.82) is 0 Å². The van der Waals surface area contributed by atoms with Crippen molar-refractivity contribution in [2.24, 2.45) is 5.16 Å². The third-order valence-corrected chi connectivity index (χ3v) is 3.11. The van der Waals surface area contributed by atoms with Crippen LogP contribution in [0.5, 0.6) is 0 Å². The fourth-order valence-electron chi connectivity index (χ4n) is 2.05. The Balaban J connectivity index is 2.48. The molecule has 1 fully saturated rings. The number of nitrogen functional groups attached to an aromatic ring is 1. The summed E-state index contributed by atoms with van der Waals surface area (Å²) in [5, 5.41) is 30.5. The van der Waals surface area contributed by atoms with Crippen LogP contribution in [0.25, 0.3) is 0 Å². The summed E-state index contributed by atoms with van der Waals surface area (Å²) in [4.78, 5) is 3.71. The van der Waals surface area contributed by atoms with Crippen LogP contribution in [0, 0.1) is 0 Å². The average Bonchev–Trinajstić information content (AvgIpc) is 2.61. The van der Waals surface area contributed by atoms with Gasteiger partial charge in [0.25, 0.3) is 5.62 Å². The quantitative estimate of drug-likeness (QED) is 0.393. The molecule has 0 unspecified atom stereocenters. The molecule has 0 aromatic carbocycles. The van der Waals surface area contributed by atoms with Crippen molar-refractivity contribution in [2.75, 3.05) is 12.3 Å². The number of ether oxygens (including phenoxy) is 1. The van der Waals surface area contributed by atoms with E-state index < -0.39 is 30.7 Å². The molecular weight excluding hydrogens is 259 g/mol. The molecule has 8 nitrogen and oxygen atoms in total. The smallest absolute Gasteiger partial charge is 0.270 e. The first-order valence-corrected chi connectivity index (χ1v) is 5.58. The van der Waals surface area contributed by atoms with E-state index in [1.807, 2.05) is 0 Å². The van der Waals surface area contributed by atoms with Crippen molar-refractivity contribution in [2.45, 2.75) is 31.0 Å². The SMILES string of the molecule is C[C@@]1(F)[C@H](O)[C@@H](CO)O[C@H]1n1ccc(N)n/c1=N\O. The predicted molar refractivity (Wildman–Crippen MR) is 60.5 cm³/mol. The summed E-state index contributed by atoms with van der Waals surface area (Å²) >= 11 is 0. The van der Waals surface area contributed by atoms with Gasteiger partial charge in [-0.3, -0.25) is 4.57 Å². The molecule has 106 valence electrons. The van der Waals surface area contributed by atoms with Gasteiger partial charge in [0.05, 0.1) is 6.61 Å². The van der Waals surface area contributed by atoms with E-state index in [1.54, 1.807) is 0 Å². The van der Waals surface area contributed by atoms with E-state index in [0.717, 1.165) is 11.5 Å². The van der Waals surface area contributed by atoms with Crippen molar-refractivity contribution in [3.8, 4) is 0 Å². The fourth-order valence-corrected chi connectivity index (χ4v) is 2.05. The van der Waals surface area contributed by atoms with Crippen LogP contribution in [0.2, 0.25) is 0 Å². The Hall–Kier alpha value is -1.71. The third-order valence-electron chi connectivity index (χ3n) is 3.11. The molecule has 19 heavy (non-hydrogen) atoms. The summed E-state index contributed by atoms with van der Waals surface area (Å²) in [5.41, 5.74) is 2.98. The highest BCUT2D eigenvalue weighted by Gasteiger charge is 2.54. The number of alkyl halides is 1. The van der Waals surface area contributed by atoms with E-state index in [9.17, 15) is 9.50 Å². The van der Waals surface area contributed by atoms with Gasteiger partial charge in [-0.2, -0.15) is 4.98 Å². The molecule has 1 aliphatic rings. The fraction of sp³-hybridized carbons (Fsp3) is 0.600. The van der Waals surface area contributed by atoms with Gasteiger partial charge in [0.15, 0.2) is 11.9 Å². The van der Waals surface area contributed by atoms with Crippen LogP contribution in [-0.4, -0.2) is 49.5 Å². The highest BCUT2D eigenvalue weighted by atomic mass is 19.1. The summed E-state index contributed by atoms with van der Waals surface area (Å²) in [6, 6.07) is 1.37. The minimum atomic E-state index is -2.19. The zero-order chi connectivity index (χ0) is 14.2. The third kappa shape index (κ3) is 2.15. The highest BCUT2D eigenvalue weighted by Crippen LogP contribution is 2.40. The molecule has 0 bridgehead atoms. The molecule has 0 spiro atoms. The molecule has 1 saturated heterocycles. The lowest BCUT2D eigenvalue weighted by Crippen LogP contribution is -2.43. The van der Waals surface area contributed by atoms with E-state index >= 15 is 0 Å². The Bertz CT molecular complexity index is 533. The number of anilines is 1. The van der Waals surface area contributed by atoms with Crippen molar-refractivity contribution in [3.05, 3.63) is 17.9 Å². The van der Waals surface area contributed by atoms with Gasteiger partial charge in [0.2, 0.25) is 0 Å². The van der Waals surface area contributed by atoms with Gasteiger partial charge >= 0.3 is 0 Å². The van der Waals surface area contributed by atoms with Crippen molar-refractivity contribution in [3.63, 3.8) is 0 Å². The number of nitrogens with two attached hydrogens (primary N) is 1. The highest BCUT2D eigenvalue weighted by molar-refractivity contribution is 5.23. The van der Waals surface area contributed by atoms with Crippen LogP contribution in [0.15, 0.2) is 17.4 Å². The monoisotopic (exact) mass is 274 g/mol. The lowest BCUT2D eigenvalue weighted by atomic mass is 9.98. The van der Waals surface area contributed by atoms with Gasteiger partial charge in [-0.15, -0.1) is 0 Å². The topological polar surface area (TPSA) is 126 Å². The molecule has 4 atom stereocenters. The molecule has 1 aliphatic heterocycles. The van der Waals surface area contributed by atoms with Crippen molar-refractivity contribution < 1.29 is 24.5 Å². The van der Waals surface area contributed by atoms with Gasteiger partial charge in [0.1, 0.15) is 18.0 Å². The molecule has 2 heterocycles. The number of aliphatic hydroxyl groups excluding tert-OH is 2. The molecule has 0 amide bonds. The molecule has 0 radical (unpaired) electrons. The first-order chi connectivity index (χ1) is 8.91. The number of halogens is 1. The van der Waals surface area contributed by atoms with Gasteiger partial charge in [-0.05, 0) is 18.1 Å². The summed E-state index contributed by atoms with van der Waals surface area (Å²) in [6.07, 6.45) is -2.55. The maximum absolute atomic E-state index is 14.5. The zero-order valence-corrected chi connectivity index (χ0v) is 10.1. The second kappa shape index (κ2) is 4.76. The molecule has 1 aromatic heterocycles. The van der Waals surface area contributed by atoms with Crippen LogP contribution in [0.3, 0.4) is 0 Å². The predicted octanol–water partition coefficient (Wildman–Crippen LogP) is -1.27. The van der Waals surface area contributed by atoms with Gasteiger partial charge in [0, 0.05) is 6.20 Å². The number of rotatable bonds is 2. The molecule has 0 aliphatic carbocycles. The van der Waals surface area contributed by atoms with E-state index in [1.165, 1.54) is 12.3 Å². The summed E-state index contributed by atoms with van der Waals surface area (Å²) < 4.78 is 20.9. The van der Waals surface area contributed by atoms with Crippen LogP contribution < -0.4 is 11.4 Å². The number of nitrogens with zero attached hydrogens (tertiary/aromatic N) is 3. The first kappa shape index (κ1) is 13.7. The number of aromatic nitrogens is 2. The lowest BCUT2D eigenvalue weighted by Gasteiger charge is -2.25. The van der Waals surface area contributed by atoms with Crippen LogP contribution in [0.4, 0.5) is 10.2 Å². The van der Waals surface area contributed by atoms with E-state index in [0.29, 0.717) is 0 Å². The molecule has 0 saturated carbocycles. The molecule has 5 N–H and O–H groups in total. The van der Waals surface area contributed by atoms with Crippen molar-refractivity contribution in [1.82, 2.24) is 9.55 Å². The first-order valence-electron chi connectivity index (χ1n) is 5.58. The standard InChI is InChI=1S/C10H15FN4O4/c1-10(11)7(17)5(4-16)19-8(10)15-3-2-6(12)13-9(15)14-18/h2-3,5,7-8,16-18H,4H2,1H3,(H2,12,13,14)/t5-,7-,8-,10-/m1/s1. The average molecular weight is 274 g/mol. The Kier molecular flexibility index (Phi) is 3.43. The minimum Gasteiger partial charge on any atom is -0.408 e. The van der Waals surface area contributed by atoms with E-state index in [4.69, 9.17) is 20.8 Å². The van der Waals surface area contributed by atoms with E-state index in [2.05, 4.69) is 10.1 Å². The van der Waals surface area contributed by atoms with Gasteiger partial charge in [-0.25, -0.2) is 4.39 Å². The van der Waals surface area contributed by atoms with Crippen molar-refractivity contribution >= 4 is 5.82 Å². The Labute approximate surface area is 107 Å². The zero-order valence-electron chi connectivity index (χ0n) is 10.1. The largest absolute Gasteiger partial charge is 0.408 e. The maximum atomic E-state index is 14.5. The normalized spacial score (nSPS) is 35.8. The van der Waals surface area contributed by atoms with Gasteiger partial charge in [-0.1, -0.05) is 0 Å². The van der Waals surface area contributed by atoms with E-state index in [-0.39, 0.29) is 11.4 Å². The van der Waals surface area contributed by atoms with Crippen LogP contribution in [-0.2, 0) is 4.74 Å². The Morgan fingerprint density at radius 1 is 1.68 bits per heavy atom. The number of hydrogen-bond donors (Lipinski definition) is 4. The number of hydrogen-bond acceptors (Lipinski definition) is 7. The molecule has 2 rings (SSSR count). The summed E-state index contributed by atoms with van der Waals surface area (Å²) in [6.45, 7) is 0.592. The summed E-state index contributed by atoms with van der Waals surface area (Å²) in [5.74, 6) is 0.0851. The molecule has 9 heteroatoms. The van der Waals surface area contributed by atoms with Gasteiger partial charge < -0.3 is 25.9 Å². The summed E-state index contributed by atoms with van der Waals surface area (Å²) in [7, 11) is 0. The molecule has 1 aromatic rings. The second-order valence-electron chi connectivity index (χ2n) is 4.47. The van der Waals surface area contributed by atoms with Crippen LogP contribution in [0.1, 0.15) is 13.2 Å². The second-order valence-corrected chi connectivity index (χ2v) is 4.47. The molecular formula is C10H15FN4O4. The number of aliphatic hydroxyl groups is 2. The Morgan fingerprint density at radius 3 is 2.89 bits per heavy atom.